The van der Waals surface area contributed by atoms with Gasteiger partial charge in [-0.2, -0.15) is 9.97 Å². The molecule has 2 N–H and O–H groups in total. The van der Waals surface area contributed by atoms with Gasteiger partial charge in [0.1, 0.15) is 0 Å². The number of amides is 4. The number of aromatic nitrogens is 8. The van der Waals surface area contributed by atoms with Crippen molar-refractivity contribution in [2.75, 3.05) is 9.80 Å². The van der Waals surface area contributed by atoms with Gasteiger partial charge in [0.2, 0.25) is 35.5 Å². The first-order valence-electron chi connectivity index (χ1n) is 18.2. The molecule has 56 heavy (non-hydrogen) atoms. The minimum Gasteiger partial charge on any atom is -0.274 e. The summed E-state index contributed by atoms with van der Waals surface area (Å²) in [6, 6.07) is 2.23. The van der Waals surface area contributed by atoms with Crippen LogP contribution in [-0.4, -0.2) is 63.1 Å². The molecule has 278 valence electrons. The monoisotopic (exact) mass is 752 g/mol. The van der Waals surface area contributed by atoms with Gasteiger partial charge in [-0.15, -0.1) is 23.4 Å². The Labute approximate surface area is 312 Å². The van der Waals surface area contributed by atoms with Crippen molar-refractivity contribution < 1.29 is 19.2 Å². The zero-order chi connectivity index (χ0) is 38.6. The average molecular weight is 753 g/mol. The number of carbonyl (C=O) groups is 4. The fourth-order valence-electron chi connectivity index (χ4n) is 10.7. The number of benzene rings is 1. The van der Waals surface area contributed by atoms with Gasteiger partial charge in [0, 0.05) is 0 Å². The lowest BCUT2D eigenvalue weighted by Gasteiger charge is -2.20. The number of hydrogen-bond acceptors (Lipinski definition) is 12. The number of fused-ring (bicyclic) bond motifs is 12. The first-order chi connectivity index (χ1) is 27.0. The molecule has 18 nitrogen and oxygen atoms in total. The zero-order valence-electron chi connectivity index (χ0n) is 29.2. The van der Waals surface area contributed by atoms with Crippen LogP contribution in [-0.2, 0) is 19.2 Å². The fourth-order valence-corrected chi connectivity index (χ4v) is 10.7. The summed E-state index contributed by atoms with van der Waals surface area (Å²) in [7, 11) is 0. The molecule has 4 bridgehead atoms. The summed E-state index contributed by atoms with van der Waals surface area (Å²) in [6.45, 7) is 7.57. The Bertz CT molecular complexity index is 2750. The highest BCUT2D eigenvalue weighted by molar-refractivity contribution is 6.22. The van der Waals surface area contributed by atoms with Crippen LogP contribution >= 0.6 is 0 Å². The topological polar surface area (TPSA) is 236 Å². The van der Waals surface area contributed by atoms with E-state index < -0.39 is 81.4 Å². The third-order valence-electron chi connectivity index (χ3n) is 12.8. The molecule has 6 aliphatic rings. The molecule has 4 amide bonds. The molecular formula is C38H28N10O8. The largest absolute Gasteiger partial charge is 0.274 e. The lowest BCUT2D eigenvalue weighted by atomic mass is 9.80. The van der Waals surface area contributed by atoms with Gasteiger partial charge in [-0.25, -0.2) is 29.1 Å². The number of nitrogens with zero attached hydrogens (tertiary/aromatic N) is 8. The first-order valence-corrected chi connectivity index (χ1v) is 18.2. The third-order valence-corrected chi connectivity index (χ3v) is 12.8. The molecule has 8 unspecified atom stereocenters. The van der Waals surface area contributed by atoms with E-state index >= 15 is 0 Å². The van der Waals surface area contributed by atoms with E-state index in [0.717, 1.165) is 33.1 Å². The minimum absolute atomic E-state index is 0.0838. The standard InChI is InChI=1S/C38H28N10O8/c1-3-5-13-7-15-9-17(13)25-23(15)31(53)47(33(25)55)37-39-35(41-43-37)45-27(49)19-11-21-22(12-20(19)28(45)50)30(52)46(29(21)51)36-40-38(44-42-36)48-32(54)24-16-8-14(6-4-2)18(10-16)26(24)34(48)56/h3-4,7-8,11-12,15-18,23-26H,1-2,5-6,9-10H2,(H,39,41,43)(H,40,42,44). The van der Waals surface area contributed by atoms with Gasteiger partial charge in [-0.3, -0.25) is 38.4 Å². The van der Waals surface area contributed by atoms with Crippen LogP contribution in [0, 0.1) is 47.3 Å². The second-order valence-electron chi connectivity index (χ2n) is 15.4. The molecule has 11 rings (SSSR count). The SMILES string of the molecule is C=CCC1=CC2CC1C1C(=O)N(c3nc(-n4c(=O)c5cc6c(=O)n(-c7n[nH]c(N8C(=O)C9C%10C=C(CC=C)C(C%10)C9C8=O)n7)c(=O)c6cc5c4=O)n[nH]3)C(=O)C21. The predicted octanol–water partition coefficient (Wildman–Crippen LogP) is 0.643. The van der Waals surface area contributed by atoms with Crippen molar-refractivity contribution in [1.82, 2.24) is 39.5 Å². The molecule has 1 aromatic carbocycles. The number of allylic oxidation sites excluding steroid dienone is 6. The summed E-state index contributed by atoms with van der Waals surface area (Å²) in [5, 5.41) is 12.2. The Kier molecular flexibility index (Phi) is 6.27. The summed E-state index contributed by atoms with van der Waals surface area (Å²) in [6.07, 6.45) is 10.3. The van der Waals surface area contributed by atoms with E-state index in [1.165, 1.54) is 0 Å². The zero-order valence-corrected chi connectivity index (χ0v) is 29.2. The second-order valence-corrected chi connectivity index (χ2v) is 15.4. The number of hydrogen-bond donors (Lipinski definition) is 2. The molecule has 6 heterocycles. The van der Waals surface area contributed by atoms with E-state index in [2.05, 4.69) is 43.5 Å². The summed E-state index contributed by atoms with van der Waals surface area (Å²) in [5.41, 5.74) is -1.45. The van der Waals surface area contributed by atoms with Gasteiger partial charge < -0.3 is 0 Å². The van der Waals surface area contributed by atoms with Crippen molar-refractivity contribution >= 4 is 57.1 Å². The van der Waals surface area contributed by atoms with Crippen LogP contribution in [0.4, 0.5) is 11.9 Å². The van der Waals surface area contributed by atoms with Crippen molar-refractivity contribution in [2.24, 2.45) is 47.3 Å². The minimum atomic E-state index is -0.902. The van der Waals surface area contributed by atoms with Gasteiger partial charge in [0.05, 0.1) is 45.2 Å². The molecule has 4 aromatic heterocycles. The number of aromatic amines is 2. The molecule has 0 radical (unpaired) electrons. The van der Waals surface area contributed by atoms with E-state index in [0.29, 0.717) is 34.8 Å². The van der Waals surface area contributed by atoms with Crippen molar-refractivity contribution in [2.45, 2.75) is 25.7 Å². The van der Waals surface area contributed by atoms with Crippen LogP contribution in [0.3, 0.4) is 0 Å². The summed E-state index contributed by atoms with van der Waals surface area (Å²) in [4.78, 5) is 119. The molecule has 8 atom stereocenters. The highest BCUT2D eigenvalue weighted by atomic mass is 16.2. The van der Waals surface area contributed by atoms with E-state index in [9.17, 15) is 38.4 Å². The molecule has 5 aromatic rings. The Balaban J connectivity index is 0.909. The molecular weight excluding hydrogens is 724 g/mol. The van der Waals surface area contributed by atoms with Crippen LogP contribution in [0.5, 0.6) is 0 Å². The van der Waals surface area contributed by atoms with E-state index in [1.54, 1.807) is 12.2 Å². The number of H-pyrrole nitrogens is 2. The maximum Gasteiger partial charge on any atom is 0.268 e. The smallest absolute Gasteiger partial charge is 0.268 e. The fraction of sp³-hybridized carbons (Fsp3) is 0.316. The molecule has 2 saturated heterocycles. The third kappa shape index (κ3) is 3.84. The number of nitrogens with one attached hydrogen (secondary N) is 2. The van der Waals surface area contributed by atoms with Crippen LogP contribution < -0.4 is 32.0 Å². The molecule has 4 aliphatic carbocycles. The maximum atomic E-state index is 13.7. The molecule has 2 saturated carbocycles. The number of imide groups is 2. The van der Waals surface area contributed by atoms with E-state index in [4.69, 9.17) is 0 Å². The van der Waals surface area contributed by atoms with Gasteiger partial charge >= 0.3 is 0 Å². The normalized spacial score (nSPS) is 28.7. The van der Waals surface area contributed by atoms with Gasteiger partial charge in [-0.1, -0.05) is 35.5 Å². The average Bonchev–Trinajstić information content (AvgIpc) is 4.04. The van der Waals surface area contributed by atoms with Crippen molar-refractivity contribution in [3.8, 4) is 11.9 Å². The number of carbonyl (C=O) groups excluding carboxylic acids is 4. The lowest BCUT2D eigenvalue weighted by molar-refractivity contribution is -0.124. The Morgan fingerprint density at radius 2 is 0.929 bits per heavy atom. The quantitative estimate of drug-likeness (QED) is 0.164. The summed E-state index contributed by atoms with van der Waals surface area (Å²) >= 11 is 0. The highest BCUT2D eigenvalue weighted by Gasteiger charge is 2.63. The summed E-state index contributed by atoms with van der Waals surface area (Å²) < 4.78 is 1.27. The second kappa shape index (κ2) is 10.8. The number of rotatable bonds is 8. The molecule has 18 heteroatoms. The highest BCUT2D eigenvalue weighted by Crippen LogP contribution is 2.57. The van der Waals surface area contributed by atoms with Crippen molar-refractivity contribution in [1.29, 1.82) is 0 Å². The van der Waals surface area contributed by atoms with Crippen LogP contribution in [0.2, 0.25) is 0 Å². The van der Waals surface area contributed by atoms with Crippen LogP contribution in [0.25, 0.3) is 33.4 Å². The molecule has 2 aliphatic heterocycles. The van der Waals surface area contributed by atoms with Crippen molar-refractivity contribution in [3.63, 3.8) is 0 Å². The Morgan fingerprint density at radius 1 is 0.571 bits per heavy atom. The Hall–Kier alpha value is -6.98. The van der Waals surface area contributed by atoms with Gasteiger partial charge in [-0.05, 0) is 61.5 Å². The molecule has 0 spiro atoms. The predicted molar refractivity (Wildman–Crippen MR) is 195 cm³/mol. The van der Waals surface area contributed by atoms with Crippen LogP contribution in [0.1, 0.15) is 25.7 Å². The maximum absolute atomic E-state index is 13.7. The van der Waals surface area contributed by atoms with Gasteiger partial charge in [0.15, 0.2) is 0 Å². The van der Waals surface area contributed by atoms with E-state index in [1.807, 2.05) is 12.2 Å². The lowest BCUT2D eigenvalue weighted by Crippen LogP contribution is -2.34. The first kappa shape index (κ1) is 32.5. The van der Waals surface area contributed by atoms with Crippen molar-refractivity contribution in [3.05, 3.63) is 102 Å². The summed E-state index contributed by atoms with van der Waals surface area (Å²) in [5.74, 6) is -5.59. The Morgan fingerprint density at radius 3 is 1.29 bits per heavy atom. The number of anilines is 2. The molecule has 4 fully saturated rings. The van der Waals surface area contributed by atoms with Gasteiger partial charge in [0.25, 0.3) is 34.1 Å². The van der Waals surface area contributed by atoms with E-state index in [-0.39, 0.29) is 57.1 Å². The van der Waals surface area contributed by atoms with Crippen LogP contribution in [0.15, 0.2) is 79.9 Å².